The molecule has 2 unspecified atom stereocenters. The van der Waals surface area contributed by atoms with Gasteiger partial charge in [-0.1, -0.05) is 37.3 Å². The van der Waals surface area contributed by atoms with E-state index in [1.807, 2.05) is 37.3 Å². The number of carboxylic acids is 1. The molecule has 0 bridgehead atoms. The van der Waals surface area contributed by atoms with Crippen LogP contribution in [0.5, 0.6) is 0 Å². The largest absolute Gasteiger partial charge is 0.480 e. The second-order valence-corrected chi connectivity index (χ2v) is 4.96. The molecule has 0 spiro atoms. The zero-order chi connectivity index (χ0) is 15.7. The summed E-state index contributed by atoms with van der Waals surface area (Å²) in [7, 11) is 1.50. The molecule has 116 valence electrons. The highest BCUT2D eigenvalue weighted by Crippen LogP contribution is 2.22. The van der Waals surface area contributed by atoms with Crippen molar-refractivity contribution in [3.63, 3.8) is 0 Å². The molecule has 1 aromatic carbocycles. The molecular weight excluding hydrogens is 270 g/mol. The molecule has 2 N–H and O–H groups in total. The number of rotatable bonds is 9. The lowest BCUT2D eigenvalue weighted by molar-refractivity contribution is -0.142. The first-order valence-electron chi connectivity index (χ1n) is 7.14. The maximum Gasteiger partial charge on any atom is 0.326 e. The maximum atomic E-state index is 12.0. The van der Waals surface area contributed by atoms with Crippen LogP contribution in [0, 0.1) is 0 Å². The van der Waals surface area contributed by atoms with Gasteiger partial charge in [0.15, 0.2) is 0 Å². The summed E-state index contributed by atoms with van der Waals surface area (Å²) in [5, 5.41) is 11.7. The molecule has 2 atom stereocenters. The van der Waals surface area contributed by atoms with Gasteiger partial charge >= 0.3 is 5.97 Å². The Hall–Kier alpha value is -1.88. The van der Waals surface area contributed by atoms with Crippen LogP contribution in [0.3, 0.4) is 0 Å². The summed E-state index contributed by atoms with van der Waals surface area (Å²) in [5.74, 6) is -1.18. The molecule has 0 saturated heterocycles. The highest BCUT2D eigenvalue weighted by atomic mass is 16.5. The number of carboxylic acid groups (broad SMARTS) is 1. The van der Waals surface area contributed by atoms with Gasteiger partial charge in [0, 0.05) is 26.6 Å². The lowest BCUT2D eigenvalue weighted by atomic mass is 9.93. The van der Waals surface area contributed by atoms with Crippen LogP contribution in [0.2, 0.25) is 0 Å². The van der Waals surface area contributed by atoms with Gasteiger partial charge in [0.1, 0.15) is 6.04 Å². The fraction of sp³-hybridized carbons (Fsp3) is 0.500. The number of hydrogen-bond acceptors (Lipinski definition) is 3. The van der Waals surface area contributed by atoms with Crippen molar-refractivity contribution >= 4 is 11.9 Å². The van der Waals surface area contributed by atoms with E-state index in [4.69, 9.17) is 9.84 Å². The number of amides is 1. The molecule has 0 fully saturated rings. The Labute approximate surface area is 125 Å². The Balaban J connectivity index is 2.59. The first kappa shape index (κ1) is 17.2. The molecule has 0 heterocycles. The zero-order valence-corrected chi connectivity index (χ0v) is 12.5. The quantitative estimate of drug-likeness (QED) is 0.731. The average molecular weight is 293 g/mol. The normalized spacial score (nSPS) is 13.4. The van der Waals surface area contributed by atoms with Gasteiger partial charge < -0.3 is 15.2 Å². The summed E-state index contributed by atoms with van der Waals surface area (Å²) in [5.41, 5.74) is 1.10. The number of aliphatic carboxylic acids is 1. The minimum atomic E-state index is -1.03. The number of carbonyl (C=O) groups excluding carboxylic acids is 1. The summed E-state index contributed by atoms with van der Waals surface area (Å²) in [6.45, 7) is 2.32. The average Bonchev–Trinajstić information content (AvgIpc) is 2.49. The molecule has 5 nitrogen and oxygen atoms in total. The minimum absolute atomic E-state index is 0.100. The minimum Gasteiger partial charge on any atom is -0.480 e. The second kappa shape index (κ2) is 9.13. The van der Waals surface area contributed by atoms with E-state index in [9.17, 15) is 9.59 Å². The van der Waals surface area contributed by atoms with Crippen molar-refractivity contribution in [2.45, 2.75) is 38.1 Å². The first-order valence-corrected chi connectivity index (χ1v) is 7.14. The molecule has 0 aliphatic carbocycles. The molecule has 1 amide bonds. The fourth-order valence-corrected chi connectivity index (χ4v) is 2.19. The van der Waals surface area contributed by atoms with Gasteiger partial charge in [-0.25, -0.2) is 4.79 Å². The van der Waals surface area contributed by atoms with Gasteiger partial charge in [0.25, 0.3) is 0 Å². The van der Waals surface area contributed by atoms with Crippen LogP contribution in [-0.2, 0) is 14.3 Å². The molecule has 0 saturated carbocycles. The zero-order valence-electron chi connectivity index (χ0n) is 12.5. The predicted octanol–water partition coefficient (Wildman–Crippen LogP) is 2.18. The lowest BCUT2D eigenvalue weighted by Crippen LogP contribution is -2.41. The highest BCUT2D eigenvalue weighted by molar-refractivity contribution is 5.83. The molecule has 0 aromatic heterocycles. The van der Waals surface area contributed by atoms with Crippen LogP contribution in [0.1, 0.15) is 37.7 Å². The third-order valence-electron chi connectivity index (χ3n) is 3.44. The molecule has 0 aliphatic rings. The molecule has 0 aliphatic heterocycles. The van der Waals surface area contributed by atoms with E-state index >= 15 is 0 Å². The molecule has 1 rings (SSSR count). The van der Waals surface area contributed by atoms with E-state index < -0.39 is 12.0 Å². The summed E-state index contributed by atoms with van der Waals surface area (Å²) in [4.78, 5) is 23.1. The number of ether oxygens (including phenoxy) is 1. The molecule has 0 radical (unpaired) electrons. The van der Waals surface area contributed by atoms with Crippen molar-refractivity contribution < 1.29 is 19.4 Å². The van der Waals surface area contributed by atoms with Gasteiger partial charge in [-0.05, 0) is 17.9 Å². The maximum absolute atomic E-state index is 12.0. The number of hydrogen-bond donors (Lipinski definition) is 2. The van der Waals surface area contributed by atoms with Crippen molar-refractivity contribution in [2.24, 2.45) is 0 Å². The monoisotopic (exact) mass is 293 g/mol. The van der Waals surface area contributed by atoms with Crippen LogP contribution < -0.4 is 5.32 Å². The van der Waals surface area contributed by atoms with Crippen LogP contribution in [0.15, 0.2) is 30.3 Å². The second-order valence-electron chi connectivity index (χ2n) is 4.96. The third kappa shape index (κ3) is 5.95. The van der Waals surface area contributed by atoms with Crippen molar-refractivity contribution in [3.05, 3.63) is 35.9 Å². The number of carbonyl (C=O) groups is 2. The standard InChI is InChI=1S/C16H23NO4/c1-3-12(13-7-5-4-6-8-13)11-15(18)17-14(16(19)20)9-10-21-2/h4-8,12,14H,3,9-11H2,1-2H3,(H,17,18)(H,19,20). The van der Waals surface area contributed by atoms with Crippen LogP contribution in [0.25, 0.3) is 0 Å². The Morgan fingerprint density at radius 1 is 1.29 bits per heavy atom. The Kier molecular flexibility index (Phi) is 7.46. The lowest BCUT2D eigenvalue weighted by Gasteiger charge is -2.18. The van der Waals surface area contributed by atoms with Crippen LogP contribution in [0.4, 0.5) is 0 Å². The van der Waals surface area contributed by atoms with Crippen molar-refractivity contribution in [1.29, 1.82) is 0 Å². The summed E-state index contributed by atoms with van der Waals surface area (Å²) in [6.07, 6.45) is 1.38. The van der Waals surface area contributed by atoms with Crippen molar-refractivity contribution in [3.8, 4) is 0 Å². The highest BCUT2D eigenvalue weighted by Gasteiger charge is 2.21. The SMILES string of the molecule is CCC(CC(=O)NC(CCOC)C(=O)O)c1ccccc1. The van der Waals surface area contributed by atoms with Crippen LogP contribution in [-0.4, -0.2) is 36.7 Å². The first-order chi connectivity index (χ1) is 10.1. The van der Waals surface area contributed by atoms with Gasteiger partial charge in [0.05, 0.1) is 0 Å². The number of methoxy groups -OCH3 is 1. The Morgan fingerprint density at radius 2 is 1.95 bits per heavy atom. The van der Waals surface area contributed by atoms with Crippen molar-refractivity contribution in [1.82, 2.24) is 5.32 Å². The summed E-state index contributed by atoms with van der Waals surface area (Å²) < 4.78 is 4.86. The van der Waals surface area contributed by atoms with Gasteiger partial charge in [-0.2, -0.15) is 0 Å². The van der Waals surface area contributed by atoms with E-state index in [0.717, 1.165) is 12.0 Å². The summed E-state index contributed by atoms with van der Waals surface area (Å²) >= 11 is 0. The van der Waals surface area contributed by atoms with Gasteiger partial charge in [-0.15, -0.1) is 0 Å². The van der Waals surface area contributed by atoms with E-state index in [1.54, 1.807) is 0 Å². The summed E-state index contributed by atoms with van der Waals surface area (Å²) in [6, 6.07) is 8.89. The van der Waals surface area contributed by atoms with E-state index in [-0.39, 0.29) is 24.7 Å². The number of nitrogens with one attached hydrogen (secondary N) is 1. The Morgan fingerprint density at radius 3 is 2.48 bits per heavy atom. The Bertz CT molecular complexity index is 447. The topological polar surface area (TPSA) is 75.6 Å². The third-order valence-corrected chi connectivity index (χ3v) is 3.44. The number of benzene rings is 1. The molecule has 21 heavy (non-hydrogen) atoms. The predicted molar refractivity (Wildman–Crippen MR) is 80.2 cm³/mol. The van der Waals surface area contributed by atoms with Crippen molar-refractivity contribution in [2.75, 3.05) is 13.7 Å². The molecule has 5 heteroatoms. The molecular formula is C16H23NO4. The smallest absolute Gasteiger partial charge is 0.326 e. The van der Waals surface area contributed by atoms with E-state index in [1.165, 1.54) is 7.11 Å². The van der Waals surface area contributed by atoms with Gasteiger partial charge in [-0.3, -0.25) is 4.79 Å². The fourth-order valence-electron chi connectivity index (χ4n) is 2.19. The van der Waals surface area contributed by atoms with Gasteiger partial charge in [0.2, 0.25) is 5.91 Å². The molecule has 1 aromatic rings. The van der Waals surface area contributed by atoms with E-state index in [0.29, 0.717) is 6.61 Å². The van der Waals surface area contributed by atoms with Crippen LogP contribution >= 0.6 is 0 Å². The van der Waals surface area contributed by atoms with E-state index in [2.05, 4.69) is 5.32 Å².